The standard InChI is InChI=1S/C20H25N3/c1-13(2)22-17-7-6-10-21-19(17)23-16-9-8-15(20(3,4)5)11-14(16)12-18(22)23/h6-11,13,18H,12H2,1-5H3. The second kappa shape index (κ2) is 4.73. The van der Waals surface area contributed by atoms with Gasteiger partial charge >= 0.3 is 0 Å². The van der Waals surface area contributed by atoms with E-state index in [4.69, 9.17) is 0 Å². The summed E-state index contributed by atoms with van der Waals surface area (Å²) < 4.78 is 0. The van der Waals surface area contributed by atoms with Gasteiger partial charge in [0.05, 0.1) is 5.69 Å². The van der Waals surface area contributed by atoms with Gasteiger partial charge in [0.2, 0.25) is 0 Å². The molecule has 0 saturated heterocycles. The van der Waals surface area contributed by atoms with Crippen molar-refractivity contribution >= 4 is 17.2 Å². The Morgan fingerprint density at radius 1 is 1.13 bits per heavy atom. The highest BCUT2D eigenvalue weighted by Crippen LogP contribution is 2.50. The number of rotatable bonds is 1. The number of pyridine rings is 1. The smallest absolute Gasteiger partial charge is 0.158 e. The molecule has 120 valence electrons. The molecule has 1 atom stereocenters. The molecule has 1 unspecified atom stereocenters. The Morgan fingerprint density at radius 2 is 1.91 bits per heavy atom. The summed E-state index contributed by atoms with van der Waals surface area (Å²) in [5, 5.41) is 0. The zero-order chi connectivity index (χ0) is 16.4. The Balaban J connectivity index is 1.84. The number of hydrogen-bond acceptors (Lipinski definition) is 3. The van der Waals surface area contributed by atoms with E-state index >= 15 is 0 Å². The van der Waals surface area contributed by atoms with Gasteiger partial charge in [-0.05, 0) is 48.6 Å². The van der Waals surface area contributed by atoms with Gasteiger partial charge in [-0.2, -0.15) is 0 Å². The molecule has 2 aromatic rings. The quantitative estimate of drug-likeness (QED) is 0.766. The van der Waals surface area contributed by atoms with E-state index in [1.807, 2.05) is 12.3 Å². The topological polar surface area (TPSA) is 19.4 Å². The van der Waals surface area contributed by atoms with E-state index in [-0.39, 0.29) is 5.41 Å². The molecule has 23 heavy (non-hydrogen) atoms. The molecule has 0 saturated carbocycles. The highest BCUT2D eigenvalue weighted by atomic mass is 15.5. The van der Waals surface area contributed by atoms with Crippen LogP contribution in [0.4, 0.5) is 17.2 Å². The number of fused-ring (bicyclic) bond motifs is 5. The van der Waals surface area contributed by atoms with Gasteiger partial charge in [-0.3, -0.25) is 0 Å². The summed E-state index contributed by atoms with van der Waals surface area (Å²) >= 11 is 0. The van der Waals surface area contributed by atoms with E-state index in [1.54, 1.807) is 0 Å². The minimum atomic E-state index is 0.190. The fraction of sp³-hybridized carbons (Fsp3) is 0.450. The van der Waals surface area contributed by atoms with Gasteiger partial charge in [0.15, 0.2) is 5.82 Å². The lowest BCUT2D eigenvalue weighted by molar-refractivity contribution is 0.583. The van der Waals surface area contributed by atoms with Crippen LogP contribution in [0.1, 0.15) is 45.7 Å². The second-order valence-corrected chi connectivity index (χ2v) is 8.00. The Hall–Kier alpha value is -2.03. The molecule has 3 heterocycles. The normalized spacial score (nSPS) is 19.1. The van der Waals surface area contributed by atoms with Gasteiger partial charge in [-0.1, -0.05) is 32.9 Å². The molecule has 0 aliphatic carbocycles. The molecule has 0 bridgehead atoms. The molecule has 2 aliphatic heterocycles. The van der Waals surface area contributed by atoms with E-state index in [9.17, 15) is 0 Å². The molecule has 1 aromatic heterocycles. The average Bonchev–Trinajstić information content (AvgIpc) is 2.98. The van der Waals surface area contributed by atoms with Crippen molar-refractivity contribution < 1.29 is 0 Å². The van der Waals surface area contributed by atoms with E-state index in [2.05, 4.69) is 73.7 Å². The average molecular weight is 307 g/mol. The first kappa shape index (κ1) is 14.6. The molecule has 0 amide bonds. The maximum atomic E-state index is 4.69. The first-order valence-corrected chi connectivity index (χ1v) is 8.54. The van der Waals surface area contributed by atoms with Crippen molar-refractivity contribution in [3.63, 3.8) is 0 Å². The van der Waals surface area contributed by atoms with Crippen LogP contribution in [0, 0.1) is 0 Å². The highest BCUT2D eigenvalue weighted by Gasteiger charge is 2.44. The SMILES string of the molecule is CC(C)N1c2cccnc2N2c3ccc(C(C)(C)C)cc3CC21. The third kappa shape index (κ3) is 2.06. The monoisotopic (exact) mass is 307 g/mol. The fourth-order valence-electron chi connectivity index (χ4n) is 3.94. The predicted molar refractivity (Wildman–Crippen MR) is 96.6 cm³/mol. The van der Waals surface area contributed by atoms with Crippen LogP contribution in [-0.4, -0.2) is 17.2 Å². The van der Waals surface area contributed by atoms with Crippen LogP contribution in [0.3, 0.4) is 0 Å². The number of nitrogens with zero attached hydrogens (tertiary/aromatic N) is 3. The minimum Gasteiger partial charge on any atom is -0.345 e. The molecule has 2 aliphatic rings. The van der Waals surface area contributed by atoms with E-state index in [1.165, 1.54) is 22.5 Å². The summed E-state index contributed by atoms with van der Waals surface area (Å²) in [4.78, 5) is 9.63. The third-order valence-electron chi connectivity index (χ3n) is 5.06. The van der Waals surface area contributed by atoms with Crippen molar-refractivity contribution in [2.75, 3.05) is 9.80 Å². The molecule has 0 spiro atoms. The zero-order valence-electron chi connectivity index (χ0n) is 14.7. The fourth-order valence-corrected chi connectivity index (χ4v) is 3.94. The van der Waals surface area contributed by atoms with E-state index < -0.39 is 0 Å². The zero-order valence-corrected chi connectivity index (χ0v) is 14.7. The lowest BCUT2D eigenvalue weighted by Gasteiger charge is -2.30. The molecule has 4 rings (SSSR count). The molecular weight excluding hydrogens is 282 g/mol. The Labute approximate surface area is 139 Å². The van der Waals surface area contributed by atoms with E-state index in [0.29, 0.717) is 12.2 Å². The summed E-state index contributed by atoms with van der Waals surface area (Å²) in [5.74, 6) is 1.11. The lowest BCUT2D eigenvalue weighted by atomic mass is 9.86. The Bertz CT molecular complexity index is 758. The van der Waals surface area contributed by atoms with Crippen LogP contribution in [0.25, 0.3) is 0 Å². The van der Waals surface area contributed by atoms with Gasteiger partial charge in [0, 0.05) is 24.3 Å². The van der Waals surface area contributed by atoms with Crippen LogP contribution >= 0.6 is 0 Å². The maximum Gasteiger partial charge on any atom is 0.158 e. The highest BCUT2D eigenvalue weighted by molar-refractivity contribution is 5.84. The van der Waals surface area contributed by atoms with Crippen molar-refractivity contribution in [2.24, 2.45) is 0 Å². The van der Waals surface area contributed by atoms with Crippen molar-refractivity contribution in [3.8, 4) is 0 Å². The van der Waals surface area contributed by atoms with Crippen molar-refractivity contribution in [1.29, 1.82) is 0 Å². The van der Waals surface area contributed by atoms with Gasteiger partial charge in [-0.25, -0.2) is 4.98 Å². The van der Waals surface area contributed by atoms with Crippen LogP contribution in [0.5, 0.6) is 0 Å². The van der Waals surface area contributed by atoms with Crippen molar-refractivity contribution in [2.45, 2.75) is 58.7 Å². The Morgan fingerprint density at radius 3 is 2.61 bits per heavy atom. The van der Waals surface area contributed by atoms with Crippen molar-refractivity contribution in [3.05, 3.63) is 47.7 Å². The van der Waals surface area contributed by atoms with Crippen LogP contribution in [0.15, 0.2) is 36.5 Å². The number of benzene rings is 1. The summed E-state index contributed by atoms with van der Waals surface area (Å²) in [6.45, 7) is 11.4. The van der Waals surface area contributed by atoms with Gasteiger partial charge in [0.25, 0.3) is 0 Å². The molecule has 0 fully saturated rings. The van der Waals surface area contributed by atoms with E-state index in [0.717, 1.165) is 12.2 Å². The van der Waals surface area contributed by atoms with Gasteiger partial charge in [0.1, 0.15) is 6.17 Å². The van der Waals surface area contributed by atoms with Gasteiger partial charge < -0.3 is 9.80 Å². The molecule has 1 aromatic carbocycles. The van der Waals surface area contributed by atoms with Crippen LogP contribution in [-0.2, 0) is 11.8 Å². The molecule has 3 nitrogen and oxygen atoms in total. The summed E-state index contributed by atoms with van der Waals surface area (Å²) in [7, 11) is 0. The predicted octanol–water partition coefficient (Wildman–Crippen LogP) is 4.63. The second-order valence-electron chi connectivity index (χ2n) is 8.00. The lowest BCUT2D eigenvalue weighted by Crippen LogP contribution is -2.43. The molecule has 3 heteroatoms. The largest absolute Gasteiger partial charge is 0.345 e. The maximum absolute atomic E-state index is 4.69. The number of aromatic nitrogens is 1. The number of anilines is 3. The summed E-state index contributed by atoms with van der Waals surface area (Å²) in [6.07, 6.45) is 3.33. The molecular formula is C20H25N3. The third-order valence-corrected chi connectivity index (χ3v) is 5.06. The van der Waals surface area contributed by atoms with Crippen molar-refractivity contribution in [1.82, 2.24) is 4.98 Å². The first-order chi connectivity index (χ1) is 10.9. The van der Waals surface area contributed by atoms with Crippen LogP contribution < -0.4 is 9.80 Å². The molecule has 0 radical (unpaired) electrons. The van der Waals surface area contributed by atoms with Gasteiger partial charge in [-0.15, -0.1) is 0 Å². The van der Waals surface area contributed by atoms with Crippen LogP contribution in [0.2, 0.25) is 0 Å². The summed E-state index contributed by atoms with van der Waals surface area (Å²) in [5.41, 5.74) is 5.64. The Kier molecular flexibility index (Phi) is 2.99. The number of hydrogen-bond donors (Lipinski definition) is 0. The minimum absolute atomic E-state index is 0.190. The summed E-state index contributed by atoms with van der Waals surface area (Å²) in [6, 6.07) is 11.7. The first-order valence-electron chi connectivity index (χ1n) is 8.54. The molecule has 0 N–H and O–H groups in total.